The van der Waals surface area contributed by atoms with E-state index in [-0.39, 0.29) is 5.91 Å². The van der Waals surface area contributed by atoms with Crippen LogP contribution in [0.25, 0.3) is 0 Å². The minimum Gasteiger partial charge on any atom is -0.340 e. The fraction of sp³-hybridized carbons (Fsp3) is 0.917. The third-order valence-electron chi connectivity index (χ3n) is 3.33. The van der Waals surface area contributed by atoms with Gasteiger partial charge in [0.25, 0.3) is 0 Å². The van der Waals surface area contributed by atoms with Crippen molar-refractivity contribution in [1.82, 2.24) is 10.2 Å². The summed E-state index contributed by atoms with van der Waals surface area (Å²) < 4.78 is 0. The molecule has 1 amide bonds. The van der Waals surface area contributed by atoms with E-state index in [0.29, 0.717) is 24.3 Å². The van der Waals surface area contributed by atoms with E-state index in [1.807, 2.05) is 4.90 Å². The van der Waals surface area contributed by atoms with E-state index in [9.17, 15) is 4.79 Å². The molecule has 1 aliphatic heterocycles. The first-order valence-electron chi connectivity index (χ1n) is 6.01. The van der Waals surface area contributed by atoms with Crippen LogP contribution in [0.4, 0.5) is 0 Å². The molecule has 0 unspecified atom stereocenters. The molecule has 0 spiro atoms. The molecular weight excluding hydrogens is 188 g/mol. The van der Waals surface area contributed by atoms with Gasteiger partial charge in [-0.2, -0.15) is 0 Å². The second kappa shape index (κ2) is 5.50. The highest BCUT2D eigenvalue weighted by atomic mass is 16.2. The molecule has 0 saturated carbocycles. The van der Waals surface area contributed by atoms with E-state index in [1.165, 1.54) is 0 Å². The molecule has 15 heavy (non-hydrogen) atoms. The molecule has 88 valence electrons. The number of nitrogens with one attached hydrogen (secondary N) is 1. The van der Waals surface area contributed by atoms with Gasteiger partial charge in [-0.15, -0.1) is 0 Å². The summed E-state index contributed by atoms with van der Waals surface area (Å²) in [4.78, 5) is 13.7. The van der Waals surface area contributed by atoms with Crippen LogP contribution in [-0.4, -0.2) is 37.0 Å². The van der Waals surface area contributed by atoms with Crippen LogP contribution in [0, 0.1) is 17.8 Å². The van der Waals surface area contributed by atoms with Crippen LogP contribution < -0.4 is 5.32 Å². The van der Waals surface area contributed by atoms with Crippen molar-refractivity contribution in [3.63, 3.8) is 0 Å². The summed E-state index contributed by atoms with van der Waals surface area (Å²) in [5.41, 5.74) is 0. The highest BCUT2D eigenvalue weighted by Gasteiger charge is 2.24. The molecule has 0 radical (unpaired) electrons. The minimum atomic E-state index is 0.257. The quantitative estimate of drug-likeness (QED) is 0.763. The maximum absolute atomic E-state index is 11.6. The normalized spacial score (nSPS) is 18.3. The smallest absolute Gasteiger partial charge is 0.236 e. The lowest BCUT2D eigenvalue weighted by molar-refractivity contribution is -0.133. The number of nitrogens with zero attached hydrogens (tertiary/aromatic N) is 1. The van der Waals surface area contributed by atoms with Crippen LogP contribution in [0.3, 0.4) is 0 Å². The molecule has 3 heteroatoms. The molecule has 0 aliphatic carbocycles. The molecule has 0 atom stereocenters. The standard InChI is InChI=1S/C12H24N2O/c1-9(2)11(10(3)4)8-14-6-5-13-7-12(14)15/h9-11,13H,5-8H2,1-4H3. The number of piperazine rings is 1. The highest BCUT2D eigenvalue weighted by molar-refractivity contribution is 5.78. The molecule has 0 aromatic heterocycles. The second-order valence-electron chi connectivity index (χ2n) is 5.17. The van der Waals surface area contributed by atoms with Gasteiger partial charge in [-0.25, -0.2) is 0 Å². The van der Waals surface area contributed by atoms with Gasteiger partial charge in [-0.05, 0) is 17.8 Å². The molecule has 1 N–H and O–H groups in total. The average Bonchev–Trinajstić information content (AvgIpc) is 2.15. The van der Waals surface area contributed by atoms with Crippen molar-refractivity contribution in [1.29, 1.82) is 0 Å². The van der Waals surface area contributed by atoms with Crippen molar-refractivity contribution in [2.24, 2.45) is 17.8 Å². The molecule has 1 rings (SSSR count). The van der Waals surface area contributed by atoms with E-state index < -0.39 is 0 Å². The molecule has 1 heterocycles. The Kier molecular flexibility index (Phi) is 4.58. The van der Waals surface area contributed by atoms with Crippen LogP contribution in [0.15, 0.2) is 0 Å². The monoisotopic (exact) mass is 212 g/mol. The zero-order valence-electron chi connectivity index (χ0n) is 10.4. The Balaban J connectivity index is 2.53. The molecule has 0 bridgehead atoms. The van der Waals surface area contributed by atoms with Crippen molar-refractivity contribution < 1.29 is 4.79 Å². The summed E-state index contributed by atoms with van der Waals surface area (Å²) in [6.07, 6.45) is 0. The van der Waals surface area contributed by atoms with Crippen molar-refractivity contribution in [2.45, 2.75) is 27.7 Å². The van der Waals surface area contributed by atoms with E-state index in [4.69, 9.17) is 0 Å². The van der Waals surface area contributed by atoms with Gasteiger partial charge in [-0.3, -0.25) is 4.79 Å². The molecule has 0 aromatic carbocycles. The van der Waals surface area contributed by atoms with Gasteiger partial charge >= 0.3 is 0 Å². The molecule has 1 saturated heterocycles. The molecule has 3 nitrogen and oxygen atoms in total. The third kappa shape index (κ3) is 3.49. The molecule has 0 aromatic rings. The molecule has 1 fully saturated rings. The van der Waals surface area contributed by atoms with E-state index in [0.717, 1.165) is 19.6 Å². The Labute approximate surface area is 93.2 Å². The van der Waals surface area contributed by atoms with Gasteiger partial charge in [-0.1, -0.05) is 27.7 Å². The van der Waals surface area contributed by atoms with Crippen LogP contribution in [0.2, 0.25) is 0 Å². The summed E-state index contributed by atoms with van der Waals surface area (Å²) in [6.45, 7) is 12.2. The Morgan fingerprint density at radius 2 is 1.87 bits per heavy atom. The average molecular weight is 212 g/mol. The van der Waals surface area contributed by atoms with Crippen molar-refractivity contribution in [2.75, 3.05) is 26.2 Å². The number of hydrogen-bond donors (Lipinski definition) is 1. The Hall–Kier alpha value is -0.570. The predicted octanol–water partition coefficient (Wildman–Crippen LogP) is 1.35. The zero-order chi connectivity index (χ0) is 11.4. The second-order valence-corrected chi connectivity index (χ2v) is 5.17. The van der Waals surface area contributed by atoms with Crippen molar-refractivity contribution in [3.05, 3.63) is 0 Å². The SMILES string of the molecule is CC(C)C(CN1CCNCC1=O)C(C)C. The Morgan fingerprint density at radius 3 is 2.33 bits per heavy atom. The number of rotatable bonds is 4. The van der Waals surface area contributed by atoms with E-state index >= 15 is 0 Å². The molecular formula is C12H24N2O. The first-order valence-corrected chi connectivity index (χ1v) is 6.01. The summed E-state index contributed by atoms with van der Waals surface area (Å²) >= 11 is 0. The number of carbonyl (C=O) groups is 1. The zero-order valence-corrected chi connectivity index (χ0v) is 10.4. The van der Waals surface area contributed by atoms with Gasteiger partial charge in [0.05, 0.1) is 6.54 Å². The Morgan fingerprint density at radius 1 is 1.27 bits per heavy atom. The van der Waals surface area contributed by atoms with Gasteiger partial charge in [0.15, 0.2) is 0 Å². The summed E-state index contributed by atoms with van der Waals surface area (Å²) in [5, 5.41) is 3.10. The lowest BCUT2D eigenvalue weighted by atomic mass is 9.85. The number of carbonyl (C=O) groups excluding carboxylic acids is 1. The third-order valence-corrected chi connectivity index (χ3v) is 3.33. The minimum absolute atomic E-state index is 0.257. The maximum Gasteiger partial charge on any atom is 0.236 e. The fourth-order valence-electron chi connectivity index (χ4n) is 2.28. The van der Waals surface area contributed by atoms with Crippen LogP contribution in [0.1, 0.15) is 27.7 Å². The fourth-order valence-corrected chi connectivity index (χ4v) is 2.28. The first kappa shape index (κ1) is 12.5. The summed E-state index contributed by atoms with van der Waals surface area (Å²) in [5.74, 6) is 2.17. The Bertz CT molecular complexity index is 206. The lowest BCUT2D eigenvalue weighted by Crippen LogP contribution is -2.50. The van der Waals surface area contributed by atoms with Crippen molar-refractivity contribution >= 4 is 5.91 Å². The van der Waals surface area contributed by atoms with Crippen molar-refractivity contribution in [3.8, 4) is 0 Å². The topological polar surface area (TPSA) is 32.3 Å². The largest absolute Gasteiger partial charge is 0.340 e. The van der Waals surface area contributed by atoms with Crippen LogP contribution in [0.5, 0.6) is 0 Å². The van der Waals surface area contributed by atoms with Gasteiger partial charge in [0.2, 0.25) is 5.91 Å². The number of amides is 1. The number of hydrogen-bond acceptors (Lipinski definition) is 2. The highest BCUT2D eigenvalue weighted by Crippen LogP contribution is 2.21. The van der Waals surface area contributed by atoms with Crippen LogP contribution in [-0.2, 0) is 4.79 Å². The summed E-state index contributed by atoms with van der Waals surface area (Å²) in [6, 6.07) is 0. The lowest BCUT2D eigenvalue weighted by Gasteiger charge is -2.34. The molecule has 1 aliphatic rings. The van der Waals surface area contributed by atoms with Gasteiger partial charge in [0, 0.05) is 19.6 Å². The van der Waals surface area contributed by atoms with E-state index in [1.54, 1.807) is 0 Å². The predicted molar refractivity (Wildman–Crippen MR) is 62.6 cm³/mol. The van der Waals surface area contributed by atoms with Crippen LogP contribution >= 0.6 is 0 Å². The summed E-state index contributed by atoms with van der Waals surface area (Å²) in [7, 11) is 0. The van der Waals surface area contributed by atoms with Gasteiger partial charge in [0.1, 0.15) is 0 Å². The maximum atomic E-state index is 11.6. The van der Waals surface area contributed by atoms with Gasteiger partial charge < -0.3 is 10.2 Å². The first-order chi connectivity index (χ1) is 7.02. The van der Waals surface area contributed by atoms with E-state index in [2.05, 4.69) is 33.0 Å².